The van der Waals surface area contributed by atoms with Crippen molar-refractivity contribution in [3.05, 3.63) is 0 Å². The summed E-state index contributed by atoms with van der Waals surface area (Å²) in [6.45, 7) is 12.7. The molecule has 0 heterocycles. The Morgan fingerprint density at radius 1 is 1.32 bits per heavy atom. The van der Waals surface area contributed by atoms with Crippen LogP contribution in [0.2, 0.25) is 0 Å². The average Bonchev–Trinajstić information content (AvgIpc) is 2.34. The van der Waals surface area contributed by atoms with Gasteiger partial charge in [-0.3, -0.25) is 0 Å². The smallest absolute Gasteiger partial charge is 0.0621 e. The molecular formula is C17H32N2. The zero-order chi connectivity index (χ0) is 14.5. The summed E-state index contributed by atoms with van der Waals surface area (Å²) >= 11 is 0. The number of hydrogen-bond donors (Lipinski definition) is 1. The molecule has 0 aromatic heterocycles. The van der Waals surface area contributed by atoms with Gasteiger partial charge in [-0.15, -0.1) is 0 Å². The van der Waals surface area contributed by atoms with Crippen LogP contribution in [-0.4, -0.2) is 12.6 Å². The van der Waals surface area contributed by atoms with Crippen molar-refractivity contribution >= 4 is 0 Å². The highest BCUT2D eigenvalue weighted by Gasteiger charge is 2.31. The maximum absolute atomic E-state index is 8.73. The Morgan fingerprint density at radius 3 is 2.58 bits per heavy atom. The van der Waals surface area contributed by atoms with Crippen LogP contribution in [0.1, 0.15) is 66.7 Å². The summed E-state index contributed by atoms with van der Waals surface area (Å²) in [7, 11) is 0. The quantitative estimate of drug-likeness (QED) is 0.773. The lowest BCUT2D eigenvalue weighted by Gasteiger charge is -2.39. The summed E-state index contributed by atoms with van der Waals surface area (Å²) in [6.07, 6.45) is 5.74. The van der Waals surface area contributed by atoms with Crippen molar-refractivity contribution < 1.29 is 0 Å². The second kappa shape index (κ2) is 7.29. The minimum atomic E-state index is 0.234. The number of nitrogens with one attached hydrogen (secondary N) is 1. The van der Waals surface area contributed by atoms with Crippen LogP contribution in [0, 0.1) is 34.5 Å². The van der Waals surface area contributed by atoms with E-state index in [-0.39, 0.29) is 5.41 Å². The van der Waals surface area contributed by atoms with E-state index in [0.29, 0.717) is 12.5 Å². The van der Waals surface area contributed by atoms with Gasteiger partial charge in [0.05, 0.1) is 6.07 Å². The first-order valence-electron chi connectivity index (χ1n) is 7.96. The van der Waals surface area contributed by atoms with E-state index in [4.69, 9.17) is 5.26 Å². The molecule has 1 aliphatic carbocycles. The fourth-order valence-corrected chi connectivity index (χ4v) is 3.33. The lowest BCUT2D eigenvalue weighted by atomic mass is 9.73. The van der Waals surface area contributed by atoms with E-state index in [9.17, 15) is 0 Å². The summed E-state index contributed by atoms with van der Waals surface area (Å²) in [4.78, 5) is 0. The molecule has 0 radical (unpaired) electrons. The molecule has 0 spiro atoms. The number of nitrogens with zero attached hydrogens (tertiary/aromatic N) is 1. The molecule has 0 bridgehead atoms. The fourth-order valence-electron chi connectivity index (χ4n) is 3.33. The molecule has 0 aliphatic heterocycles. The standard InChI is InChI=1S/C17H32N2/c1-13(2)15-8-7-14(3)11-16(15)19-12-17(4,5)9-6-10-18/h13-16,19H,6-9,11-12H2,1-5H3. The molecule has 1 fully saturated rings. The predicted octanol–water partition coefficient (Wildman–Crippen LogP) is 4.37. The third-order valence-corrected chi connectivity index (χ3v) is 4.78. The summed E-state index contributed by atoms with van der Waals surface area (Å²) in [5, 5.41) is 12.5. The van der Waals surface area contributed by atoms with Crippen molar-refractivity contribution in [2.24, 2.45) is 23.2 Å². The van der Waals surface area contributed by atoms with Gasteiger partial charge < -0.3 is 5.32 Å². The van der Waals surface area contributed by atoms with E-state index >= 15 is 0 Å². The van der Waals surface area contributed by atoms with Crippen molar-refractivity contribution in [2.45, 2.75) is 72.8 Å². The molecule has 0 saturated heterocycles. The molecular weight excluding hydrogens is 232 g/mol. The monoisotopic (exact) mass is 264 g/mol. The highest BCUT2D eigenvalue weighted by atomic mass is 14.9. The van der Waals surface area contributed by atoms with E-state index in [1.807, 2.05) is 0 Å². The fraction of sp³-hybridized carbons (Fsp3) is 0.941. The summed E-state index contributed by atoms with van der Waals surface area (Å²) in [6, 6.07) is 2.94. The van der Waals surface area contributed by atoms with Gasteiger partial charge in [0.1, 0.15) is 0 Å². The second-order valence-electron chi connectivity index (χ2n) is 7.64. The van der Waals surface area contributed by atoms with Crippen LogP contribution in [0.5, 0.6) is 0 Å². The second-order valence-corrected chi connectivity index (χ2v) is 7.64. The van der Waals surface area contributed by atoms with E-state index < -0.39 is 0 Å². The molecule has 2 heteroatoms. The number of hydrogen-bond acceptors (Lipinski definition) is 2. The third kappa shape index (κ3) is 5.53. The first kappa shape index (κ1) is 16.5. The zero-order valence-corrected chi connectivity index (χ0v) is 13.5. The summed E-state index contributed by atoms with van der Waals surface area (Å²) in [5.74, 6) is 2.45. The topological polar surface area (TPSA) is 35.8 Å². The Morgan fingerprint density at radius 2 is 2.00 bits per heavy atom. The highest BCUT2D eigenvalue weighted by Crippen LogP contribution is 2.34. The predicted molar refractivity (Wildman–Crippen MR) is 81.8 cm³/mol. The number of nitriles is 1. The lowest BCUT2D eigenvalue weighted by Crippen LogP contribution is -2.46. The minimum Gasteiger partial charge on any atom is -0.313 e. The van der Waals surface area contributed by atoms with E-state index in [2.05, 4.69) is 46.0 Å². The first-order chi connectivity index (χ1) is 8.85. The van der Waals surface area contributed by atoms with Gasteiger partial charge in [0.15, 0.2) is 0 Å². The molecule has 1 aliphatic rings. The van der Waals surface area contributed by atoms with Crippen LogP contribution in [-0.2, 0) is 0 Å². The molecule has 3 atom stereocenters. The van der Waals surface area contributed by atoms with Crippen LogP contribution < -0.4 is 5.32 Å². The van der Waals surface area contributed by atoms with Crippen LogP contribution in [0.4, 0.5) is 0 Å². The van der Waals surface area contributed by atoms with Gasteiger partial charge in [-0.25, -0.2) is 0 Å². The first-order valence-corrected chi connectivity index (χ1v) is 7.96. The van der Waals surface area contributed by atoms with Gasteiger partial charge in [0, 0.05) is 19.0 Å². The lowest BCUT2D eigenvalue weighted by molar-refractivity contribution is 0.154. The Hall–Kier alpha value is -0.550. The minimum absolute atomic E-state index is 0.234. The third-order valence-electron chi connectivity index (χ3n) is 4.78. The van der Waals surface area contributed by atoms with Crippen molar-refractivity contribution in [3.63, 3.8) is 0 Å². The molecule has 2 nitrogen and oxygen atoms in total. The van der Waals surface area contributed by atoms with Crippen LogP contribution in [0.3, 0.4) is 0 Å². The van der Waals surface area contributed by atoms with E-state index in [1.165, 1.54) is 19.3 Å². The Kier molecular flexibility index (Phi) is 6.33. The number of rotatable bonds is 6. The maximum Gasteiger partial charge on any atom is 0.0621 e. The molecule has 3 unspecified atom stereocenters. The average molecular weight is 264 g/mol. The van der Waals surface area contributed by atoms with Crippen LogP contribution in [0.25, 0.3) is 0 Å². The van der Waals surface area contributed by atoms with Gasteiger partial charge in [-0.05, 0) is 42.4 Å². The van der Waals surface area contributed by atoms with E-state index in [1.54, 1.807) is 0 Å². The molecule has 0 aromatic rings. The summed E-state index contributed by atoms with van der Waals surface area (Å²) < 4.78 is 0. The van der Waals surface area contributed by atoms with Crippen molar-refractivity contribution in [3.8, 4) is 6.07 Å². The maximum atomic E-state index is 8.73. The molecule has 1 saturated carbocycles. The van der Waals surface area contributed by atoms with Gasteiger partial charge in [0.25, 0.3) is 0 Å². The van der Waals surface area contributed by atoms with Crippen LogP contribution in [0.15, 0.2) is 0 Å². The molecule has 1 N–H and O–H groups in total. The van der Waals surface area contributed by atoms with E-state index in [0.717, 1.165) is 30.7 Å². The Labute approximate surface area is 120 Å². The largest absolute Gasteiger partial charge is 0.313 e. The molecule has 110 valence electrons. The highest BCUT2D eigenvalue weighted by molar-refractivity contribution is 4.87. The molecule has 19 heavy (non-hydrogen) atoms. The van der Waals surface area contributed by atoms with Crippen LogP contribution >= 0.6 is 0 Å². The molecule has 0 aromatic carbocycles. The Balaban J connectivity index is 2.50. The van der Waals surface area contributed by atoms with Crippen molar-refractivity contribution in [1.82, 2.24) is 5.32 Å². The zero-order valence-electron chi connectivity index (χ0n) is 13.5. The van der Waals surface area contributed by atoms with Gasteiger partial charge in [-0.2, -0.15) is 5.26 Å². The van der Waals surface area contributed by atoms with Crippen molar-refractivity contribution in [2.75, 3.05) is 6.54 Å². The van der Waals surface area contributed by atoms with Crippen molar-refractivity contribution in [1.29, 1.82) is 5.26 Å². The molecule has 0 amide bonds. The Bertz CT molecular complexity index is 301. The van der Waals surface area contributed by atoms with Gasteiger partial charge >= 0.3 is 0 Å². The summed E-state index contributed by atoms with van der Waals surface area (Å²) in [5.41, 5.74) is 0.234. The SMILES string of the molecule is CC1CCC(C(C)C)C(NCC(C)(C)CCC#N)C1. The molecule has 1 rings (SSSR count). The normalized spacial score (nSPS) is 28.4. The van der Waals surface area contributed by atoms with Gasteiger partial charge in [0.2, 0.25) is 0 Å². The van der Waals surface area contributed by atoms with Gasteiger partial charge in [-0.1, -0.05) is 41.0 Å².